The molecule has 0 aromatic carbocycles. The first-order chi connectivity index (χ1) is 13.1. The van der Waals surface area contributed by atoms with E-state index >= 15 is 0 Å². The third-order valence-corrected chi connectivity index (χ3v) is 8.52. The zero-order valence-electron chi connectivity index (χ0n) is 18.3. The second-order valence-electron chi connectivity index (χ2n) is 7.49. The van der Waals surface area contributed by atoms with Crippen LogP contribution in [0, 0.1) is 0 Å². The van der Waals surface area contributed by atoms with Gasteiger partial charge < -0.3 is 18.4 Å². The summed E-state index contributed by atoms with van der Waals surface area (Å²) in [5.41, 5.74) is -0.685. The number of unbranched alkanes of at least 4 members (excludes halogenated alkanes) is 13. The smallest absolute Gasteiger partial charge is 0.481 e. The number of rotatable bonds is 20. The number of hydrogen-bond acceptors (Lipinski definition) is 4. The van der Waals surface area contributed by atoms with Gasteiger partial charge >= 0.3 is 14.8 Å². The fraction of sp³-hybridized carbons (Fsp3) is 0.952. The minimum Gasteiger partial charge on any atom is -0.481 e. The third kappa shape index (κ3) is 11.9. The van der Waals surface area contributed by atoms with Crippen LogP contribution in [-0.4, -0.2) is 41.2 Å². The Balaban J connectivity index is 3.68. The Hall–Kier alpha value is -0.433. The van der Waals surface area contributed by atoms with E-state index in [9.17, 15) is 9.90 Å². The van der Waals surface area contributed by atoms with Crippen LogP contribution in [0.5, 0.6) is 0 Å². The number of carboxylic acids is 1. The highest BCUT2D eigenvalue weighted by Crippen LogP contribution is 2.30. The Morgan fingerprint density at radius 1 is 0.704 bits per heavy atom. The van der Waals surface area contributed by atoms with Gasteiger partial charge in [0.25, 0.3) is 0 Å². The molecular formula is C21H44O5Si. The SMILES string of the molecule is CCCCCCCCCCCCCCCCC(C(=O)O)[Si](OC)(OC)OC. The van der Waals surface area contributed by atoms with Crippen molar-refractivity contribution < 1.29 is 23.2 Å². The summed E-state index contributed by atoms with van der Waals surface area (Å²) < 4.78 is 16.0. The van der Waals surface area contributed by atoms with Crippen LogP contribution in [0.2, 0.25) is 5.54 Å². The van der Waals surface area contributed by atoms with E-state index in [0.29, 0.717) is 6.42 Å². The summed E-state index contributed by atoms with van der Waals surface area (Å²) in [4.78, 5) is 11.6. The molecule has 1 atom stereocenters. The maximum atomic E-state index is 11.6. The van der Waals surface area contributed by atoms with Crippen LogP contribution >= 0.6 is 0 Å². The average molecular weight is 405 g/mol. The Labute approximate surface area is 168 Å². The number of carbonyl (C=O) groups is 1. The second kappa shape index (κ2) is 17.7. The molecule has 5 nitrogen and oxygen atoms in total. The van der Waals surface area contributed by atoms with Crippen molar-refractivity contribution in [2.45, 2.75) is 109 Å². The molecule has 0 radical (unpaired) electrons. The molecule has 0 rings (SSSR count). The fourth-order valence-electron chi connectivity index (χ4n) is 3.67. The third-order valence-electron chi connectivity index (χ3n) is 5.42. The summed E-state index contributed by atoms with van der Waals surface area (Å²) in [6.45, 7) is 2.26. The van der Waals surface area contributed by atoms with E-state index in [4.69, 9.17) is 13.3 Å². The molecule has 0 heterocycles. The van der Waals surface area contributed by atoms with Crippen molar-refractivity contribution in [3.8, 4) is 0 Å². The molecule has 0 aromatic heterocycles. The van der Waals surface area contributed by atoms with E-state index in [0.717, 1.165) is 12.8 Å². The highest BCUT2D eigenvalue weighted by atomic mass is 28.4. The van der Waals surface area contributed by atoms with Crippen molar-refractivity contribution in [1.82, 2.24) is 0 Å². The Bertz CT molecular complexity index is 339. The van der Waals surface area contributed by atoms with E-state index < -0.39 is 20.3 Å². The van der Waals surface area contributed by atoms with Crippen LogP contribution in [0.3, 0.4) is 0 Å². The molecule has 0 aliphatic heterocycles. The lowest BCUT2D eigenvalue weighted by atomic mass is 10.0. The van der Waals surface area contributed by atoms with Gasteiger partial charge in [0.1, 0.15) is 5.54 Å². The summed E-state index contributed by atoms with van der Waals surface area (Å²) >= 11 is 0. The minimum atomic E-state index is -3.11. The van der Waals surface area contributed by atoms with Crippen LogP contribution < -0.4 is 0 Å². The Kier molecular flexibility index (Phi) is 17.4. The van der Waals surface area contributed by atoms with E-state index in [2.05, 4.69) is 6.92 Å². The molecule has 0 spiro atoms. The standard InChI is InChI=1S/C21H44O5Si/c1-5-6-7-8-9-10-11-12-13-14-15-16-17-18-19-20(21(22)23)27(24-2,25-3)26-4/h20H,5-19H2,1-4H3,(H,22,23). The van der Waals surface area contributed by atoms with Crippen LogP contribution in [0.25, 0.3) is 0 Å². The molecular weight excluding hydrogens is 360 g/mol. The topological polar surface area (TPSA) is 65.0 Å². The van der Waals surface area contributed by atoms with E-state index in [1.165, 1.54) is 98.4 Å². The first-order valence-electron chi connectivity index (χ1n) is 11.0. The lowest BCUT2D eigenvalue weighted by Gasteiger charge is -2.29. The van der Waals surface area contributed by atoms with Gasteiger partial charge in [-0.2, -0.15) is 0 Å². The molecule has 0 fully saturated rings. The van der Waals surface area contributed by atoms with Gasteiger partial charge in [0.05, 0.1) is 0 Å². The lowest BCUT2D eigenvalue weighted by Crippen LogP contribution is -2.50. The molecule has 6 heteroatoms. The Morgan fingerprint density at radius 2 is 1.04 bits per heavy atom. The van der Waals surface area contributed by atoms with Gasteiger partial charge in [-0.1, -0.05) is 96.8 Å². The van der Waals surface area contributed by atoms with Gasteiger partial charge in [-0.25, -0.2) is 0 Å². The predicted octanol–water partition coefficient (Wildman–Crippen LogP) is 6.19. The summed E-state index contributed by atoms with van der Waals surface area (Å²) in [6.07, 6.45) is 18.6. The molecule has 0 bridgehead atoms. The normalized spacial score (nSPS) is 13.0. The quantitative estimate of drug-likeness (QED) is 0.193. The molecule has 0 saturated heterocycles. The van der Waals surface area contributed by atoms with Gasteiger partial charge in [0.15, 0.2) is 0 Å². The average Bonchev–Trinajstić information content (AvgIpc) is 2.67. The van der Waals surface area contributed by atoms with Crippen LogP contribution in [0.1, 0.15) is 103 Å². The number of hydrogen-bond donors (Lipinski definition) is 1. The van der Waals surface area contributed by atoms with Gasteiger partial charge in [-0.3, -0.25) is 4.79 Å². The highest BCUT2D eigenvalue weighted by Gasteiger charge is 2.51. The van der Waals surface area contributed by atoms with Crippen LogP contribution in [-0.2, 0) is 18.1 Å². The molecule has 27 heavy (non-hydrogen) atoms. The summed E-state index contributed by atoms with van der Waals surface area (Å²) in [5, 5.41) is 9.50. The van der Waals surface area contributed by atoms with Gasteiger partial charge in [-0.05, 0) is 6.42 Å². The molecule has 0 aliphatic carbocycles. The summed E-state index contributed by atoms with van der Waals surface area (Å²) in [7, 11) is 1.30. The molecule has 0 amide bonds. The minimum absolute atomic E-state index is 0.551. The van der Waals surface area contributed by atoms with Crippen molar-refractivity contribution in [2.24, 2.45) is 0 Å². The molecule has 1 N–H and O–H groups in total. The van der Waals surface area contributed by atoms with Crippen molar-refractivity contribution in [3.63, 3.8) is 0 Å². The van der Waals surface area contributed by atoms with Crippen molar-refractivity contribution in [3.05, 3.63) is 0 Å². The first kappa shape index (κ1) is 26.6. The predicted molar refractivity (Wildman–Crippen MR) is 113 cm³/mol. The zero-order valence-corrected chi connectivity index (χ0v) is 19.3. The highest BCUT2D eigenvalue weighted by molar-refractivity contribution is 6.66. The number of aliphatic carboxylic acids is 1. The van der Waals surface area contributed by atoms with E-state index in [1.54, 1.807) is 0 Å². The van der Waals surface area contributed by atoms with E-state index in [1.807, 2.05) is 0 Å². The molecule has 0 aromatic rings. The fourth-order valence-corrected chi connectivity index (χ4v) is 5.88. The Morgan fingerprint density at radius 3 is 1.33 bits per heavy atom. The number of carboxylic acid groups (broad SMARTS) is 1. The molecule has 0 saturated carbocycles. The molecule has 1 unspecified atom stereocenters. The largest absolute Gasteiger partial charge is 0.514 e. The van der Waals surface area contributed by atoms with Crippen molar-refractivity contribution in [2.75, 3.05) is 21.3 Å². The van der Waals surface area contributed by atoms with Crippen LogP contribution in [0.4, 0.5) is 0 Å². The van der Waals surface area contributed by atoms with Gasteiger partial charge in [0.2, 0.25) is 0 Å². The zero-order chi connectivity index (χ0) is 20.4. The monoisotopic (exact) mass is 404 g/mol. The van der Waals surface area contributed by atoms with Crippen molar-refractivity contribution >= 4 is 14.8 Å². The summed E-state index contributed by atoms with van der Waals surface area (Å²) in [5.74, 6) is -0.887. The lowest BCUT2D eigenvalue weighted by molar-refractivity contribution is -0.138. The maximum absolute atomic E-state index is 11.6. The van der Waals surface area contributed by atoms with Gasteiger partial charge in [-0.15, -0.1) is 0 Å². The maximum Gasteiger partial charge on any atom is 0.514 e. The summed E-state index contributed by atoms with van der Waals surface area (Å²) in [6, 6.07) is 0. The van der Waals surface area contributed by atoms with Crippen LogP contribution in [0.15, 0.2) is 0 Å². The van der Waals surface area contributed by atoms with Crippen molar-refractivity contribution in [1.29, 1.82) is 0 Å². The second-order valence-corrected chi connectivity index (χ2v) is 10.6. The van der Waals surface area contributed by atoms with E-state index in [-0.39, 0.29) is 0 Å². The van der Waals surface area contributed by atoms with Gasteiger partial charge in [0, 0.05) is 21.3 Å². The first-order valence-corrected chi connectivity index (χ1v) is 12.8. The molecule has 0 aliphatic rings. The molecule has 162 valence electrons.